The summed E-state index contributed by atoms with van der Waals surface area (Å²) in [6, 6.07) is 16.2. The fourth-order valence-electron chi connectivity index (χ4n) is 2.47. The molecule has 0 fully saturated rings. The van der Waals surface area contributed by atoms with Gasteiger partial charge < -0.3 is 9.30 Å². The zero-order chi connectivity index (χ0) is 14.1. The molecule has 0 N–H and O–H groups in total. The van der Waals surface area contributed by atoms with Crippen molar-refractivity contribution in [2.75, 3.05) is 0 Å². The highest BCUT2D eigenvalue weighted by Gasteiger charge is 2.15. The van der Waals surface area contributed by atoms with Gasteiger partial charge in [-0.25, -0.2) is 4.98 Å². The monoisotopic (exact) mass is 266 g/mol. The summed E-state index contributed by atoms with van der Waals surface area (Å²) in [4.78, 5) is 4.67. The molecular formula is C17H18N2O. The van der Waals surface area contributed by atoms with Gasteiger partial charge in [0.15, 0.2) is 11.9 Å². The Morgan fingerprint density at radius 3 is 2.65 bits per heavy atom. The third kappa shape index (κ3) is 2.27. The van der Waals surface area contributed by atoms with Crippen molar-refractivity contribution in [1.29, 1.82) is 0 Å². The number of aryl methyl sites for hydroxylation is 2. The number of nitrogens with zero attached hydrogens (tertiary/aromatic N) is 2. The van der Waals surface area contributed by atoms with Crippen molar-refractivity contribution in [2.45, 2.75) is 20.0 Å². The van der Waals surface area contributed by atoms with Gasteiger partial charge in [-0.1, -0.05) is 24.3 Å². The summed E-state index contributed by atoms with van der Waals surface area (Å²) in [7, 11) is 2.03. The molecule has 3 nitrogen and oxygen atoms in total. The fourth-order valence-corrected chi connectivity index (χ4v) is 2.47. The number of hydrogen-bond acceptors (Lipinski definition) is 2. The lowest BCUT2D eigenvalue weighted by molar-refractivity contribution is 0.213. The molecule has 0 bridgehead atoms. The molecule has 102 valence electrons. The number of benzene rings is 2. The van der Waals surface area contributed by atoms with E-state index in [-0.39, 0.29) is 6.10 Å². The summed E-state index contributed by atoms with van der Waals surface area (Å²) in [5.41, 5.74) is 3.33. The molecule has 20 heavy (non-hydrogen) atoms. The van der Waals surface area contributed by atoms with Gasteiger partial charge in [0.2, 0.25) is 0 Å². The van der Waals surface area contributed by atoms with E-state index in [1.165, 1.54) is 5.56 Å². The summed E-state index contributed by atoms with van der Waals surface area (Å²) in [5, 5.41) is 0. The standard InChI is InChI=1S/C17H18N2O/c1-12-7-6-8-14(11-12)20-13(2)17-18-15-9-4-5-10-16(15)19(17)3/h4-11,13H,1-3H3/t13-/m1/s1. The maximum Gasteiger partial charge on any atom is 0.153 e. The van der Waals surface area contributed by atoms with Crippen molar-refractivity contribution >= 4 is 11.0 Å². The normalized spacial score (nSPS) is 12.6. The van der Waals surface area contributed by atoms with Crippen LogP contribution in [0.3, 0.4) is 0 Å². The number of imidazole rings is 1. The van der Waals surface area contributed by atoms with Crippen molar-refractivity contribution in [3.05, 3.63) is 59.9 Å². The summed E-state index contributed by atoms with van der Waals surface area (Å²) < 4.78 is 8.10. The van der Waals surface area contributed by atoms with Crippen LogP contribution in [0.5, 0.6) is 5.75 Å². The SMILES string of the molecule is Cc1cccc(O[C@H](C)c2nc3ccccc3n2C)c1. The Hall–Kier alpha value is -2.29. The molecule has 0 aliphatic rings. The molecule has 3 aromatic rings. The molecule has 2 aromatic carbocycles. The number of rotatable bonds is 3. The van der Waals surface area contributed by atoms with Crippen LogP contribution in [0.1, 0.15) is 24.4 Å². The van der Waals surface area contributed by atoms with Gasteiger partial charge >= 0.3 is 0 Å². The van der Waals surface area contributed by atoms with E-state index in [0.29, 0.717) is 0 Å². The van der Waals surface area contributed by atoms with Gasteiger partial charge in [-0.15, -0.1) is 0 Å². The largest absolute Gasteiger partial charge is 0.483 e. The van der Waals surface area contributed by atoms with Crippen LogP contribution < -0.4 is 4.74 Å². The molecule has 0 amide bonds. The smallest absolute Gasteiger partial charge is 0.153 e. The van der Waals surface area contributed by atoms with Crippen LogP contribution in [0.2, 0.25) is 0 Å². The van der Waals surface area contributed by atoms with Crippen molar-refractivity contribution in [3.8, 4) is 5.75 Å². The second-order valence-electron chi connectivity index (χ2n) is 5.09. The molecule has 0 aliphatic heterocycles. The van der Waals surface area contributed by atoms with E-state index in [4.69, 9.17) is 4.74 Å². The fraction of sp³-hybridized carbons (Fsp3) is 0.235. The van der Waals surface area contributed by atoms with Crippen LogP contribution in [0.25, 0.3) is 11.0 Å². The van der Waals surface area contributed by atoms with E-state index in [1.807, 2.05) is 50.4 Å². The zero-order valence-electron chi connectivity index (χ0n) is 12.0. The van der Waals surface area contributed by atoms with Gasteiger partial charge in [0.25, 0.3) is 0 Å². The van der Waals surface area contributed by atoms with Crippen LogP contribution in [0.4, 0.5) is 0 Å². The molecule has 0 spiro atoms. The summed E-state index contributed by atoms with van der Waals surface area (Å²) in [6.07, 6.45) is -0.0887. The number of hydrogen-bond donors (Lipinski definition) is 0. The molecule has 0 saturated carbocycles. The molecule has 3 rings (SSSR count). The lowest BCUT2D eigenvalue weighted by atomic mass is 10.2. The highest BCUT2D eigenvalue weighted by atomic mass is 16.5. The average molecular weight is 266 g/mol. The lowest BCUT2D eigenvalue weighted by Crippen LogP contribution is -2.09. The number of aromatic nitrogens is 2. The van der Waals surface area contributed by atoms with Crippen LogP contribution in [-0.2, 0) is 7.05 Å². The topological polar surface area (TPSA) is 27.1 Å². The predicted octanol–water partition coefficient (Wildman–Crippen LogP) is 4.02. The van der Waals surface area contributed by atoms with Crippen molar-refractivity contribution in [2.24, 2.45) is 7.05 Å². The minimum Gasteiger partial charge on any atom is -0.483 e. The van der Waals surface area contributed by atoms with Crippen LogP contribution in [-0.4, -0.2) is 9.55 Å². The second-order valence-corrected chi connectivity index (χ2v) is 5.09. The zero-order valence-corrected chi connectivity index (χ0v) is 12.0. The second kappa shape index (κ2) is 5.00. The van der Waals surface area contributed by atoms with E-state index in [0.717, 1.165) is 22.6 Å². The Bertz CT molecular complexity index is 746. The van der Waals surface area contributed by atoms with E-state index in [1.54, 1.807) is 0 Å². The minimum atomic E-state index is -0.0887. The highest BCUT2D eigenvalue weighted by Crippen LogP contribution is 2.24. The number of para-hydroxylation sites is 2. The van der Waals surface area contributed by atoms with Crippen LogP contribution in [0, 0.1) is 6.92 Å². The quantitative estimate of drug-likeness (QED) is 0.716. The van der Waals surface area contributed by atoms with Gasteiger partial charge in [-0.3, -0.25) is 0 Å². The Balaban J connectivity index is 1.92. The molecule has 0 saturated heterocycles. The minimum absolute atomic E-state index is 0.0887. The first-order chi connectivity index (χ1) is 9.65. The van der Waals surface area contributed by atoms with Crippen molar-refractivity contribution < 1.29 is 4.74 Å². The third-order valence-corrected chi connectivity index (χ3v) is 3.49. The maximum absolute atomic E-state index is 6.01. The Morgan fingerprint density at radius 1 is 1.10 bits per heavy atom. The first-order valence-corrected chi connectivity index (χ1v) is 6.80. The van der Waals surface area contributed by atoms with E-state index in [2.05, 4.69) is 28.6 Å². The van der Waals surface area contributed by atoms with Gasteiger partial charge in [0, 0.05) is 7.05 Å². The molecule has 3 heteroatoms. The molecule has 1 aromatic heterocycles. The first-order valence-electron chi connectivity index (χ1n) is 6.80. The van der Waals surface area contributed by atoms with E-state index < -0.39 is 0 Å². The van der Waals surface area contributed by atoms with Crippen LogP contribution in [0.15, 0.2) is 48.5 Å². The predicted molar refractivity (Wildman–Crippen MR) is 80.9 cm³/mol. The summed E-state index contributed by atoms with van der Waals surface area (Å²) in [5.74, 6) is 1.82. The van der Waals surface area contributed by atoms with Gasteiger partial charge in [0.05, 0.1) is 11.0 Å². The van der Waals surface area contributed by atoms with Gasteiger partial charge in [0.1, 0.15) is 5.75 Å². The molecule has 0 radical (unpaired) electrons. The third-order valence-electron chi connectivity index (χ3n) is 3.49. The summed E-state index contributed by atoms with van der Waals surface area (Å²) in [6.45, 7) is 4.09. The van der Waals surface area contributed by atoms with E-state index >= 15 is 0 Å². The van der Waals surface area contributed by atoms with E-state index in [9.17, 15) is 0 Å². The Labute approximate surface area is 118 Å². The highest BCUT2D eigenvalue weighted by molar-refractivity contribution is 5.75. The molecular weight excluding hydrogens is 248 g/mol. The van der Waals surface area contributed by atoms with Gasteiger partial charge in [-0.2, -0.15) is 0 Å². The van der Waals surface area contributed by atoms with Gasteiger partial charge in [-0.05, 0) is 43.7 Å². The van der Waals surface area contributed by atoms with Crippen molar-refractivity contribution in [1.82, 2.24) is 9.55 Å². The number of fused-ring (bicyclic) bond motifs is 1. The lowest BCUT2D eigenvalue weighted by Gasteiger charge is -2.15. The molecule has 0 aliphatic carbocycles. The first kappa shape index (κ1) is 12.7. The Kier molecular flexibility index (Phi) is 3.18. The maximum atomic E-state index is 6.01. The Morgan fingerprint density at radius 2 is 1.90 bits per heavy atom. The molecule has 1 atom stereocenters. The molecule has 1 heterocycles. The number of ether oxygens (including phenoxy) is 1. The molecule has 0 unspecified atom stereocenters. The van der Waals surface area contributed by atoms with Crippen molar-refractivity contribution in [3.63, 3.8) is 0 Å². The average Bonchev–Trinajstić information content (AvgIpc) is 2.77. The van der Waals surface area contributed by atoms with Crippen LogP contribution >= 0.6 is 0 Å². The summed E-state index contributed by atoms with van der Waals surface area (Å²) >= 11 is 0.